The van der Waals surface area contributed by atoms with Crippen LogP contribution in [0.3, 0.4) is 0 Å². The summed E-state index contributed by atoms with van der Waals surface area (Å²) in [4.78, 5) is 39.3. The van der Waals surface area contributed by atoms with Gasteiger partial charge in [-0.1, -0.05) is 0 Å². The summed E-state index contributed by atoms with van der Waals surface area (Å²) in [6, 6.07) is -1.17. The quantitative estimate of drug-likeness (QED) is 0.327. The van der Waals surface area contributed by atoms with Gasteiger partial charge in [0, 0.05) is 27.2 Å². The van der Waals surface area contributed by atoms with E-state index in [0.29, 0.717) is 0 Å². The van der Waals surface area contributed by atoms with Gasteiger partial charge in [0.05, 0.1) is 6.61 Å². The van der Waals surface area contributed by atoms with Crippen molar-refractivity contribution < 1.29 is 30.0 Å². The van der Waals surface area contributed by atoms with Gasteiger partial charge in [0.2, 0.25) is 11.8 Å². The average Bonchev–Trinajstić information content (AvgIpc) is 2.63. The molecule has 1 saturated heterocycles. The molecule has 0 radical (unpaired) electrons. The van der Waals surface area contributed by atoms with E-state index in [1.54, 1.807) is 0 Å². The molecule has 1 fully saturated rings. The Morgan fingerprint density at radius 3 is 2.44 bits per heavy atom. The van der Waals surface area contributed by atoms with Crippen LogP contribution < -0.4 is 16.6 Å². The first-order valence-electron chi connectivity index (χ1n) is 8.01. The average molecular weight is 386 g/mol. The van der Waals surface area contributed by atoms with Gasteiger partial charge in [-0.05, 0) is 0 Å². The first-order chi connectivity index (χ1) is 12.6. The van der Waals surface area contributed by atoms with Gasteiger partial charge in [-0.25, -0.2) is 4.79 Å². The fraction of sp³-hybridized carbons (Fsp3) is 0.600. The number of aromatic hydroxyl groups is 1. The van der Waals surface area contributed by atoms with E-state index >= 15 is 0 Å². The zero-order valence-corrected chi connectivity index (χ0v) is 14.9. The van der Waals surface area contributed by atoms with E-state index in [1.165, 1.54) is 21.0 Å². The third-order valence-electron chi connectivity index (χ3n) is 4.29. The summed E-state index contributed by atoms with van der Waals surface area (Å²) < 4.78 is 6.99. The maximum atomic E-state index is 12.2. The zero-order valence-electron chi connectivity index (χ0n) is 14.9. The molecule has 1 amide bonds. The number of nitrogens with zero attached hydrogens (tertiary/aromatic N) is 3. The number of aliphatic hydroxyl groups is 3. The number of rotatable bonds is 4. The van der Waals surface area contributed by atoms with Crippen LogP contribution in [0, 0.1) is 0 Å². The number of ether oxygens (including phenoxy) is 1. The maximum Gasteiger partial charge on any atom is 0.333 e. The molecular formula is C15H22N4O8. The second kappa shape index (κ2) is 8.00. The van der Waals surface area contributed by atoms with Crippen LogP contribution in [0.1, 0.15) is 12.5 Å². The number of aromatic nitrogens is 2. The van der Waals surface area contributed by atoms with Gasteiger partial charge >= 0.3 is 5.69 Å². The molecule has 5 N–H and O–H groups in total. The minimum Gasteiger partial charge on any atom is -0.494 e. The molecule has 1 aliphatic rings. The molecule has 1 aliphatic heterocycles. The van der Waals surface area contributed by atoms with E-state index in [-0.39, 0.29) is 5.56 Å². The maximum absolute atomic E-state index is 12.2. The number of aliphatic imine (C=N–C) groups is 1. The summed E-state index contributed by atoms with van der Waals surface area (Å²) in [5, 5.41) is 41.8. The van der Waals surface area contributed by atoms with Crippen molar-refractivity contribution in [2.75, 3.05) is 6.61 Å². The summed E-state index contributed by atoms with van der Waals surface area (Å²) in [7, 11) is 2.48. The molecule has 5 atom stereocenters. The van der Waals surface area contributed by atoms with Gasteiger partial charge in [-0.3, -0.25) is 23.7 Å². The first-order valence-corrected chi connectivity index (χ1v) is 8.01. The van der Waals surface area contributed by atoms with E-state index in [9.17, 15) is 34.8 Å². The van der Waals surface area contributed by atoms with Gasteiger partial charge in [0.25, 0.3) is 5.56 Å². The highest BCUT2D eigenvalue weighted by Crippen LogP contribution is 2.22. The minimum absolute atomic E-state index is 0.314. The monoisotopic (exact) mass is 386 g/mol. The van der Waals surface area contributed by atoms with E-state index < -0.39 is 60.2 Å². The number of aliphatic hydroxyl groups excluding tert-OH is 3. The molecule has 1 aromatic rings. The van der Waals surface area contributed by atoms with Crippen LogP contribution >= 0.6 is 0 Å². The number of carbonyl (C=O) groups excluding carboxylic acids is 1. The lowest BCUT2D eigenvalue weighted by molar-refractivity contribution is -0.192. The number of amides is 1. The van der Waals surface area contributed by atoms with Crippen LogP contribution in [-0.4, -0.2) is 78.9 Å². The fourth-order valence-corrected chi connectivity index (χ4v) is 2.74. The molecule has 0 bridgehead atoms. The lowest BCUT2D eigenvalue weighted by Gasteiger charge is -2.40. The predicted octanol–water partition coefficient (Wildman–Crippen LogP) is -3.85. The topological polar surface area (TPSA) is 176 Å². The number of hydrogen-bond donors (Lipinski definition) is 5. The van der Waals surface area contributed by atoms with Crippen molar-refractivity contribution in [1.82, 2.24) is 14.5 Å². The third-order valence-corrected chi connectivity index (χ3v) is 4.29. The Morgan fingerprint density at radius 1 is 1.26 bits per heavy atom. The van der Waals surface area contributed by atoms with Crippen molar-refractivity contribution in [2.24, 2.45) is 19.1 Å². The molecule has 0 saturated carbocycles. The van der Waals surface area contributed by atoms with Crippen molar-refractivity contribution in [3.05, 3.63) is 26.4 Å². The highest BCUT2D eigenvalue weighted by molar-refractivity contribution is 5.82. The van der Waals surface area contributed by atoms with Crippen LogP contribution in [0.2, 0.25) is 0 Å². The van der Waals surface area contributed by atoms with Gasteiger partial charge < -0.3 is 30.5 Å². The van der Waals surface area contributed by atoms with Crippen molar-refractivity contribution in [2.45, 2.75) is 37.5 Å². The van der Waals surface area contributed by atoms with Crippen molar-refractivity contribution in [1.29, 1.82) is 0 Å². The summed E-state index contributed by atoms with van der Waals surface area (Å²) >= 11 is 0. The first kappa shape index (κ1) is 20.8. The van der Waals surface area contributed by atoms with Crippen molar-refractivity contribution >= 4 is 12.1 Å². The van der Waals surface area contributed by atoms with E-state index in [2.05, 4.69) is 10.3 Å². The lowest BCUT2D eigenvalue weighted by atomic mass is 9.96. The number of nitrogens with one attached hydrogen (secondary N) is 1. The van der Waals surface area contributed by atoms with Crippen LogP contribution in [0.5, 0.6) is 5.88 Å². The zero-order chi connectivity index (χ0) is 20.5. The number of carbonyl (C=O) groups is 1. The normalized spacial score (nSPS) is 28.4. The molecule has 12 heteroatoms. The van der Waals surface area contributed by atoms with Crippen LogP contribution in [-0.2, 0) is 23.6 Å². The Hall–Kier alpha value is -2.54. The van der Waals surface area contributed by atoms with E-state index in [0.717, 1.165) is 15.3 Å². The molecule has 2 rings (SSSR count). The third kappa shape index (κ3) is 3.93. The molecule has 27 heavy (non-hydrogen) atoms. The fourth-order valence-electron chi connectivity index (χ4n) is 2.74. The standard InChI is InChI=1S/C15H22N4O8/c1-6(21)17-9-11(23)10(22)8(5-20)27-12(9)16-4-7-13(24)18(2)15(26)19(3)14(7)25/h4,8-12,20,22-24H,5H2,1-3H3,(H,17,21)/b16-4+/t8-,9-,10-,11-,12-/m1/s1. The summed E-state index contributed by atoms with van der Waals surface area (Å²) in [6.07, 6.45) is -4.49. The van der Waals surface area contributed by atoms with Gasteiger partial charge in [-0.2, -0.15) is 0 Å². The Bertz CT molecular complexity index is 861. The van der Waals surface area contributed by atoms with Gasteiger partial charge in [0.1, 0.15) is 29.9 Å². The molecule has 12 nitrogen and oxygen atoms in total. The Balaban J connectivity index is 2.45. The van der Waals surface area contributed by atoms with Crippen LogP contribution in [0.15, 0.2) is 14.6 Å². The molecule has 0 aliphatic carbocycles. The molecule has 0 spiro atoms. The van der Waals surface area contributed by atoms with Gasteiger partial charge in [0.15, 0.2) is 6.23 Å². The highest BCUT2D eigenvalue weighted by atomic mass is 16.5. The van der Waals surface area contributed by atoms with Crippen LogP contribution in [0.25, 0.3) is 0 Å². The predicted molar refractivity (Wildman–Crippen MR) is 91.5 cm³/mol. The van der Waals surface area contributed by atoms with Crippen molar-refractivity contribution in [3.63, 3.8) is 0 Å². The summed E-state index contributed by atoms with van der Waals surface area (Å²) in [6.45, 7) is 0.566. The van der Waals surface area contributed by atoms with E-state index in [1.807, 2.05) is 0 Å². The molecule has 0 unspecified atom stereocenters. The van der Waals surface area contributed by atoms with Crippen molar-refractivity contribution in [3.8, 4) is 5.88 Å². The van der Waals surface area contributed by atoms with E-state index in [4.69, 9.17) is 4.74 Å². The molecule has 150 valence electrons. The SMILES string of the molecule is CC(=O)N[C@@H]1[C@@H](O)[C@H](O)[C@@H](CO)O[C@H]1/N=C/c1c(O)n(C)c(=O)n(C)c1=O. The Labute approximate surface area is 153 Å². The molecule has 1 aromatic heterocycles. The summed E-state index contributed by atoms with van der Waals surface area (Å²) in [5.74, 6) is -1.16. The molecule has 2 heterocycles. The molecule has 0 aromatic carbocycles. The largest absolute Gasteiger partial charge is 0.494 e. The smallest absolute Gasteiger partial charge is 0.333 e. The Morgan fingerprint density at radius 2 is 1.89 bits per heavy atom. The summed E-state index contributed by atoms with van der Waals surface area (Å²) in [5.41, 5.74) is -1.87. The second-order valence-corrected chi connectivity index (χ2v) is 6.18. The second-order valence-electron chi connectivity index (χ2n) is 6.18. The van der Waals surface area contributed by atoms with Gasteiger partial charge in [-0.15, -0.1) is 0 Å². The van der Waals surface area contributed by atoms with Crippen LogP contribution in [0.4, 0.5) is 0 Å². The number of hydrogen-bond acceptors (Lipinski definition) is 9. The molecular weight excluding hydrogens is 364 g/mol. The minimum atomic E-state index is -1.50. The lowest BCUT2D eigenvalue weighted by Crippen LogP contribution is -2.63. The Kier molecular flexibility index (Phi) is 6.15. The highest BCUT2D eigenvalue weighted by Gasteiger charge is 2.44.